The van der Waals surface area contributed by atoms with E-state index in [1.54, 1.807) is 0 Å². The topological polar surface area (TPSA) is 69.4 Å². The molecule has 2 aromatic rings. The first-order valence-corrected chi connectivity index (χ1v) is 7.90. The summed E-state index contributed by atoms with van der Waals surface area (Å²) < 4.78 is 42.1. The van der Waals surface area contributed by atoms with Gasteiger partial charge in [-0.3, -0.25) is 0 Å². The van der Waals surface area contributed by atoms with Crippen LogP contribution in [0.2, 0.25) is 0 Å². The molecule has 0 fully saturated rings. The second kappa shape index (κ2) is 5.90. The fourth-order valence-corrected chi connectivity index (χ4v) is 2.31. The van der Waals surface area contributed by atoms with Gasteiger partial charge in [0.1, 0.15) is 6.61 Å². The van der Waals surface area contributed by atoms with Crippen molar-refractivity contribution in [2.45, 2.75) is 11.5 Å². The van der Waals surface area contributed by atoms with Gasteiger partial charge in [-0.2, -0.15) is 0 Å². The van der Waals surface area contributed by atoms with Crippen molar-refractivity contribution in [3.63, 3.8) is 0 Å². The molecule has 20 heavy (non-hydrogen) atoms. The Bertz CT molecular complexity index is 717. The van der Waals surface area contributed by atoms with Crippen molar-refractivity contribution in [2.75, 3.05) is 0 Å². The standard InChI is InChI=1S/C13H11BrFNO3S/c14-10-3-1-9(2-4-10)8-19-13-6-5-11(7-12(13)15)20(16,17)18/h1-7H,8H2,(H2,16,17,18). The van der Waals surface area contributed by atoms with Gasteiger partial charge in [-0.05, 0) is 35.9 Å². The molecule has 0 radical (unpaired) electrons. The maximum atomic E-state index is 13.7. The Morgan fingerprint density at radius 2 is 1.80 bits per heavy atom. The minimum atomic E-state index is -3.91. The normalized spacial score (nSPS) is 11.3. The molecule has 0 aliphatic rings. The summed E-state index contributed by atoms with van der Waals surface area (Å²) in [7, 11) is -3.91. The highest BCUT2D eigenvalue weighted by Gasteiger charge is 2.12. The van der Waals surface area contributed by atoms with E-state index >= 15 is 0 Å². The van der Waals surface area contributed by atoms with Crippen LogP contribution in [0.5, 0.6) is 5.75 Å². The van der Waals surface area contributed by atoms with Crippen LogP contribution in [0.15, 0.2) is 51.8 Å². The lowest BCUT2D eigenvalue weighted by molar-refractivity contribution is 0.290. The van der Waals surface area contributed by atoms with Gasteiger partial charge in [0.25, 0.3) is 0 Å². The second-order valence-corrected chi connectivity index (χ2v) is 6.53. The van der Waals surface area contributed by atoms with E-state index in [-0.39, 0.29) is 17.3 Å². The summed E-state index contributed by atoms with van der Waals surface area (Å²) >= 11 is 3.31. The molecule has 4 nitrogen and oxygen atoms in total. The van der Waals surface area contributed by atoms with Crippen LogP contribution in [0.3, 0.4) is 0 Å². The van der Waals surface area contributed by atoms with Crippen molar-refractivity contribution < 1.29 is 17.5 Å². The summed E-state index contributed by atoms with van der Waals surface area (Å²) in [6.07, 6.45) is 0. The lowest BCUT2D eigenvalue weighted by Gasteiger charge is -2.08. The third-order valence-corrected chi connectivity index (χ3v) is 3.98. The molecule has 0 unspecified atom stereocenters. The first-order valence-electron chi connectivity index (χ1n) is 5.56. The molecule has 0 saturated heterocycles. The number of halogens is 2. The number of sulfonamides is 1. The van der Waals surface area contributed by atoms with E-state index < -0.39 is 15.8 Å². The minimum absolute atomic E-state index is 0.0275. The monoisotopic (exact) mass is 359 g/mol. The zero-order valence-electron chi connectivity index (χ0n) is 10.2. The third kappa shape index (κ3) is 3.78. The van der Waals surface area contributed by atoms with Crippen molar-refractivity contribution in [3.8, 4) is 5.75 Å². The predicted octanol–water partition coefficient (Wildman–Crippen LogP) is 2.81. The average molecular weight is 360 g/mol. The Kier molecular flexibility index (Phi) is 4.42. The number of hydrogen-bond donors (Lipinski definition) is 1. The summed E-state index contributed by atoms with van der Waals surface area (Å²) in [5.41, 5.74) is 0.864. The molecular formula is C13H11BrFNO3S. The molecule has 0 atom stereocenters. The van der Waals surface area contributed by atoms with Crippen LogP contribution in [-0.4, -0.2) is 8.42 Å². The van der Waals surface area contributed by atoms with E-state index in [4.69, 9.17) is 9.88 Å². The molecule has 7 heteroatoms. The van der Waals surface area contributed by atoms with Gasteiger partial charge in [0.2, 0.25) is 10.0 Å². The third-order valence-electron chi connectivity index (χ3n) is 2.54. The van der Waals surface area contributed by atoms with Crippen LogP contribution < -0.4 is 9.88 Å². The Balaban J connectivity index is 2.12. The lowest BCUT2D eigenvalue weighted by atomic mass is 10.2. The van der Waals surface area contributed by atoms with E-state index in [0.717, 1.165) is 16.1 Å². The van der Waals surface area contributed by atoms with Crippen molar-refractivity contribution in [2.24, 2.45) is 5.14 Å². The first kappa shape index (κ1) is 15.0. The molecule has 0 spiro atoms. The molecule has 0 saturated carbocycles. The number of primary sulfonamides is 1. The zero-order chi connectivity index (χ0) is 14.8. The first-order chi connectivity index (χ1) is 9.36. The van der Waals surface area contributed by atoms with Crippen molar-refractivity contribution in [1.82, 2.24) is 0 Å². The highest BCUT2D eigenvalue weighted by molar-refractivity contribution is 9.10. The highest BCUT2D eigenvalue weighted by Crippen LogP contribution is 2.21. The maximum absolute atomic E-state index is 13.7. The predicted molar refractivity (Wildman–Crippen MR) is 76.2 cm³/mol. The van der Waals surface area contributed by atoms with Gasteiger partial charge in [-0.1, -0.05) is 28.1 Å². The highest BCUT2D eigenvalue weighted by atomic mass is 79.9. The maximum Gasteiger partial charge on any atom is 0.238 e. The average Bonchev–Trinajstić information content (AvgIpc) is 2.38. The van der Waals surface area contributed by atoms with Gasteiger partial charge in [-0.25, -0.2) is 17.9 Å². The molecule has 0 heterocycles. The van der Waals surface area contributed by atoms with Crippen LogP contribution in [0.25, 0.3) is 0 Å². The summed E-state index contributed by atoms with van der Waals surface area (Å²) in [5, 5.41) is 4.92. The SMILES string of the molecule is NS(=O)(=O)c1ccc(OCc2ccc(Br)cc2)c(F)c1. The number of hydrogen-bond acceptors (Lipinski definition) is 3. The van der Waals surface area contributed by atoms with Crippen molar-refractivity contribution in [1.29, 1.82) is 0 Å². The number of benzene rings is 2. The van der Waals surface area contributed by atoms with Gasteiger partial charge in [0.05, 0.1) is 4.90 Å². The summed E-state index contributed by atoms with van der Waals surface area (Å²) in [5.74, 6) is -0.797. The Morgan fingerprint density at radius 3 is 2.35 bits per heavy atom. The van der Waals surface area contributed by atoms with E-state index in [0.29, 0.717) is 0 Å². The molecular weight excluding hydrogens is 349 g/mol. The van der Waals surface area contributed by atoms with Crippen molar-refractivity contribution >= 4 is 26.0 Å². The van der Waals surface area contributed by atoms with Crippen LogP contribution in [0.1, 0.15) is 5.56 Å². The molecule has 0 bridgehead atoms. The van der Waals surface area contributed by atoms with E-state index in [9.17, 15) is 12.8 Å². The molecule has 0 aliphatic heterocycles. The van der Waals surface area contributed by atoms with E-state index in [2.05, 4.69) is 15.9 Å². The Labute approximate surface area is 124 Å². The molecule has 106 valence electrons. The zero-order valence-corrected chi connectivity index (χ0v) is 12.6. The fraction of sp³-hybridized carbons (Fsp3) is 0.0769. The fourth-order valence-electron chi connectivity index (χ4n) is 1.52. The molecule has 0 aliphatic carbocycles. The van der Waals surface area contributed by atoms with E-state index in [1.807, 2.05) is 24.3 Å². The largest absolute Gasteiger partial charge is 0.486 e. The number of rotatable bonds is 4. The van der Waals surface area contributed by atoms with E-state index in [1.165, 1.54) is 12.1 Å². The minimum Gasteiger partial charge on any atom is -0.486 e. The van der Waals surface area contributed by atoms with Crippen LogP contribution in [0, 0.1) is 5.82 Å². The van der Waals surface area contributed by atoms with Gasteiger partial charge >= 0.3 is 0 Å². The quantitative estimate of drug-likeness (QED) is 0.912. The van der Waals surface area contributed by atoms with Gasteiger partial charge in [0, 0.05) is 4.47 Å². The van der Waals surface area contributed by atoms with Crippen LogP contribution >= 0.6 is 15.9 Å². The smallest absolute Gasteiger partial charge is 0.238 e. The molecule has 2 rings (SSSR count). The van der Waals surface area contributed by atoms with Crippen LogP contribution in [0.4, 0.5) is 4.39 Å². The second-order valence-electron chi connectivity index (χ2n) is 4.05. The van der Waals surface area contributed by atoms with Crippen LogP contribution in [-0.2, 0) is 16.6 Å². The van der Waals surface area contributed by atoms with Crippen molar-refractivity contribution in [3.05, 3.63) is 58.3 Å². The summed E-state index contributed by atoms with van der Waals surface area (Å²) in [6, 6.07) is 10.6. The van der Waals surface area contributed by atoms with Gasteiger partial charge in [0.15, 0.2) is 11.6 Å². The number of ether oxygens (including phenoxy) is 1. The molecule has 2 N–H and O–H groups in total. The molecule has 2 aromatic carbocycles. The Hall–Kier alpha value is -1.44. The lowest BCUT2D eigenvalue weighted by Crippen LogP contribution is -2.12. The Morgan fingerprint density at radius 1 is 1.15 bits per heavy atom. The summed E-state index contributed by atoms with van der Waals surface area (Å²) in [4.78, 5) is -0.286. The summed E-state index contributed by atoms with van der Waals surface area (Å²) in [6.45, 7) is 0.179. The van der Waals surface area contributed by atoms with Gasteiger partial charge in [-0.15, -0.1) is 0 Å². The molecule has 0 aromatic heterocycles. The number of nitrogens with two attached hydrogens (primary N) is 1. The molecule has 0 amide bonds. The van der Waals surface area contributed by atoms with Gasteiger partial charge < -0.3 is 4.74 Å².